The smallest absolute Gasteiger partial charge is 0.264 e. The Morgan fingerprint density at radius 3 is 2.52 bits per heavy atom. The topological polar surface area (TPSA) is 42.7 Å². The molecule has 146 valence electrons. The molecule has 4 nitrogen and oxygen atoms in total. The number of furan rings is 1. The summed E-state index contributed by atoms with van der Waals surface area (Å²) in [6.07, 6.45) is 1.63. The molecule has 0 saturated carbocycles. The third-order valence-electron chi connectivity index (χ3n) is 4.47. The van der Waals surface area contributed by atoms with Crippen molar-refractivity contribution in [2.75, 3.05) is 0 Å². The van der Waals surface area contributed by atoms with Crippen LogP contribution < -0.4 is 4.74 Å². The molecule has 0 aliphatic heterocycles. The van der Waals surface area contributed by atoms with Crippen LogP contribution in [0.25, 0.3) is 0 Å². The van der Waals surface area contributed by atoms with Crippen molar-refractivity contribution in [1.29, 1.82) is 0 Å². The van der Waals surface area contributed by atoms with Gasteiger partial charge in [0, 0.05) is 6.54 Å². The molecule has 0 atom stereocenters. The zero-order valence-electron chi connectivity index (χ0n) is 15.9. The number of carbonyl (C=O) groups is 1. The minimum absolute atomic E-state index is 0.00740. The van der Waals surface area contributed by atoms with Gasteiger partial charge >= 0.3 is 0 Å². The Hall–Kier alpha value is -3.31. The van der Waals surface area contributed by atoms with Gasteiger partial charge in [0.05, 0.1) is 17.7 Å². The van der Waals surface area contributed by atoms with E-state index in [1.54, 1.807) is 11.2 Å². The van der Waals surface area contributed by atoms with Crippen molar-refractivity contribution >= 4 is 17.2 Å². The number of ether oxygens (including phenoxy) is 1. The van der Waals surface area contributed by atoms with E-state index in [1.165, 1.54) is 11.3 Å². The summed E-state index contributed by atoms with van der Waals surface area (Å²) in [7, 11) is 0. The normalized spacial score (nSPS) is 10.6. The van der Waals surface area contributed by atoms with Crippen LogP contribution in [0.2, 0.25) is 0 Å². The Morgan fingerprint density at radius 2 is 1.76 bits per heavy atom. The third-order valence-corrected chi connectivity index (χ3v) is 5.32. The van der Waals surface area contributed by atoms with Crippen LogP contribution in [0, 0.1) is 0 Å². The fourth-order valence-electron chi connectivity index (χ4n) is 3.04. The first-order valence-corrected chi connectivity index (χ1v) is 10.3. The molecule has 4 aromatic rings. The number of hydrogen-bond acceptors (Lipinski definition) is 4. The maximum Gasteiger partial charge on any atom is 0.264 e. The molecule has 29 heavy (non-hydrogen) atoms. The number of amides is 1. The lowest BCUT2D eigenvalue weighted by Gasteiger charge is -2.21. The first kappa shape index (κ1) is 19.0. The van der Waals surface area contributed by atoms with Gasteiger partial charge < -0.3 is 14.1 Å². The summed E-state index contributed by atoms with van der Waals surface area (Å²) in [4.78, 5) is 15.5. The molecule has 5 heteroatoms. The molecular weight excluding hydrogens is 382 g/mol. The summed E-state index contributed by atoms with van der Waals surface area (Å²) in [6.45, 7) is 1.40. The van der Waals surface area contributed by atoms with E-state index >= 15 is 0 Å². The van der Waals surface area contributed by atoms with E-state index in [-0.39, 0.29) is 5.91 Å². The summed E-state index contributed by atoms with van der Waals surface area (Å²) < 4.78 is 11.4. The highest BCUT2D eigenvalue weighted by atomic mass is 32.1. The second kappa shape index (κ2) is 9.26. The summed E-state index contributed by atoms with van der Waals surface area (Å²) >= 11 is 1.44. The molecule has 0 aliphatic carbocycles. The molecule has 0 bridgehead atoms. The fourth-order valence-corrected chi connectivity index (χ4v) is 3.73. The van der Waals surface area contributed by atoms with Crippen molar-refractivity contribution in [3.8, 4) is 5.75 Å². The quantitative estimate of drug-likeness (QED) is 0.375. The van der Waals surface area contributed by atoms with E-state index in [2.05, 4.69) is 0 Å². The highest BCUT2D eigenvalue weighted by Gasteiger charge is 2.19. The first-order valence-electron chi connectivity index (χ1n) is 9.39. The SMILES string of the molecule is O=C(c1cccs1)N(Cc1cccc(OCc2ccccc2)c1)Cc1ccco1. The van der Waals surface area contributed by atoms with Crippen LogP contribution in [0.4, 0.5) is 0 Å². The predicted octanol–water partition coefficient (Wildman–Crippen LogP) is 5.76. The van der Waals surface area contributed by atoms with Crippen molar-refractivity contribution < 1.29 is 13.9 Å². The van der Waals surface area contributed by atoms with Crippen molar-refractivity contribution in [3.05, 3.63) is 112 Å². The van der Waals surface area contributed by atoms with Gasteiger partial charge in [-0.3, -0.25) is 4.79 Å². The van der Waals surface area contributed by atoms with Crippen LogP contribution in [0.15, 0.2) is 94.9 Å². The molecule has 1 amide bonds. The molecule has 4 rings (SSSR count). The average molecular weight is 404 g/mol. The monoisotopic (exact) mass is 403 g/mol. The Bertz CT molecular complexity index is 1030. The van der Waals surface area contributed by atoms with Gasteiger partial charge in [0.15, 0.2) is 0 Å². The number of hydrogen-bond donors (Lipinski definition) is 0. The molecule has 0 saturated heterocycles. The minimum atomic E-state index is -0.00740. The van der Waals surface area contributed by atoms with Crippen LogP contribution in [0.1, 0.15) is 26.6 Å². The molecule has 0 aliphatic rings. The largest absolute Gasteiger partial charge is 0.489 e. The van der Waals surface area contributed by atoms with E-state index in [9.17, 15) is 4.79 Å². The highest BCUT2D eigenvalue weighted by Crippen LogP contribution is 2.21. The van der Waals surface area contributed by atoms with Gasteiger partial charge in [-0.1, -0.05) is 48.5 Å². The second-order valence-electron chi connectivity index (χ2n) is 6.64. The molecule has 2 aromatic heterocycles. The van der Waals surface area contributed by atoms with E-state index in [0.717, 1.165) is 22.6 Å². The van der Waals surface area contributed by atoms with Gasteiger partial charge in [0.25, 0.3) is 5.91 Å². The van der Waals surface area contributed by atoms with Crippen molar-refractivity contribution in [2.45, 2.75) is 19.7 Å². The van der Waals surface area contributed by atoms with Crippen LogP contribution in [-0.2, 0) is 19.7 Å². The molecule has 0 spiro atoms. The van der Waals surface area contributed by atoms with Gasteiger partial charge in [0.1, 0.15) is 18.1 Å². The van der Waals surface area contributed by atoms with Crippen LogP contribution in [-0.4, -0.2) is 10.8 Å². The summed E-state index contributed by atoms with van der Waals surface area (Å²) in [5.41, 5.74) is 2.12. The van der Waals surface area contributed by atoms with Gasteiger partial charge in [-0.2, -0.15) is 0 Å². The van der Waals surface area contributed by atoms with Crippen LogP contribution >= 0.6 is 11.3 Å². The molecule has 0 unspecified atom stereocenters. The number of nitrogens with zero attached hydrogens (tertiary/aromatic N) is 1. The molecule has 2 heterocycles. The van der Waals surface area contributed by atoms with Gasteiger partial charge in [-0.05, 0) is 46.8 Å². The lowest BCUT2D eigenvalue weighted by Crippen LogP contribution is -2.29. The number of benzene rings is 2. The highest BCUT2D eigenvalue weighted by molar-refractivity contribution is 7.12. The maximum absolute atomic E-state index is 13.0. The summed E-state index contributed by atoms with van der Waals surface area (Å²) in [5, 5.41) is 1.91. The van der Waals surface area contributed by atoms with E-state index in [0.29, 0.717) is 24.6 Å². The molecular formula is C24H21NO3S. The first-order chi connectivity index (χ1) is 14.3. The Morgan fingerprint density at radius 1 is 0.897 bits per heavy atom. The van der Waals surface area contributed by atoms with Gasteiger partial charge in [0.2, 0.25) is 0 Å². The second-order valence-corrected chi connectivity index (χ2v) is 7.59. The molecule has 0 fully saturated rings. The van der Waals surface area contributed by atoms with E-state index in [4.69, 9.17) is 9.15 Å². The van der Waals surface area contributed by atoms with Crippen LogP contribution in [0.3, 0.4) is 0 Å². The minimum Gasteiger partial charge on any atom is -0.489 e. The lowest BCUT2D eigenvalue weighted by molar-refractivity contribution is 0.0722. The molecule has 0 N–H and O–H groups in total. The number of thiophene rings is 1. The zero-order chi connectivity index (χ0) is 19.9. The Labute approximate surface area is 174 Å². The van der Waals surface area contributed by atoms with Crippen molar-refractivity contribution in [3.63, 3.8) is 0 Å². The zero-order valence-corrected chi connectivity index (χ0v) is 16.7. The number of rotatable bonds is 8. The lowest BCUT2D eigenvalue weighted by atomic mass is 10.2. The molecule has 2 aromatic carbocycles. The maximum atomic E-state index is 13.0. The standard InChI is InChI=1S/C24H21NO3S/c26-24(23-12-6-14-29-23)25(17-22-11-5-13-27-22)16-20-9-4-10-21(15-20)28-18-19-7-2-1-3-8-19/h1-15H,16-18H2. The van der Waals surface area contributed by atoms with Gasteiger partial charge in [-0.15, -0.1) is 11.3 Å². The van der Waals surface area contributed by atoms with Crippen molar-refractivity contribution in [2.24, 2.45) is 0 Å². The Balaban J connectivity index is 1.48. The van der Waals surface area contributed by atoms with E-state index in [1.807, 2.05) is 84.2 Å². The van der Waals surface area contributed by atoms with Crippen molar-refractivity contribution in [1.82, 2.24) is 4.90 Å². The van der Waals surface area contributed by atoms with Crippen LogP contribution in [0.5, 0.6) is 5.75 Å². The summed E-state index contributed by atoms with van der Waals surface area (Å²) in [5.74, 6) is 1.53. The molecule has 0 radical (unpaired) electrons. The Kier molecular flexibility index (Phi) is 6.07. The fraction of sp³-hybridized carbons (Fsp3) is 0.125. The number of carbonyl (C=O) groups excluding carboxylic acids is 1. The average Bonchev–Trinajstić information content (AvgIpc) is 3.47. The third kappa shape index (κ3) is 5.15. The summed E-state index contributed by atoms with van der Waals surface area (Å²) in [6, 6.07) is 25.4. The predicted molar refractivity (Wildman–Crippen MR) is 114 cm³/mol. The van der Waals surface area contributed by atoms with Gasteiger partial charge in [-0.25, -0.2) is 0 Å². The van der Waals surface area contributed by atoms with E-state index < -0.39 is 0 Å².